The summed E-state index contributed by atoms with van der Waals surface area (Å²) < 4.78 is 0. The van der Waals surface area contributed by atoms with E-state index in [2.05, 4.69) is 25.9 Å². The molecule has 1 amide bonds. The largest absolute Gasteiger partial charge is 0.319 e. The van der Waals surface area contributed by atoms with E-state index in [4.69, 9.17) is 0 Å². The van der Waals surface area contributed by atoms with E-state index in [0.29, 0.717) is 0 Å². The van der Waals surface area contributed by atoms with Crippen molar-refractivity contribution in [2.24, 2.45) is 0 Å². The first kappa shape index (κ1) is 10.3. The van der Waals surface area contributed by atoms with Crippen LogP contribution in [-0.2, 0) is 6.42 Å². The number of rotatable bonds is 3. The number of H-pyrrole nitrogens is 1. The standard InChI is InChI=1S/C10H11N5O/c1-2-7-5-3-4-6-8(7)11-10(16)9-12-14-15-13-9/h3-6H,2H2,1H3,(H,11,16)(H,12,13,14,15). The fourth-order valence-corrected chi connectivity index (χ4v) is 1.39. The topological polar surface area (TPSA) is 83.6 Å². The Morgan fingerprint density at radius 2 is 2.25 bits per heavy atom. The van der Waals surface area contributed by atoms with Gasteiger partial charge in [-0.1, -0.05) is 25.1 Å². The molecule has 2 N–H and O–H groups in total. The molecule has 0 aliphatic carbocycles. The number of carbonyl (C=O) groups excluding carboxylic acids is 1. The average molecular weight is 217 g/mol. The molecule has 0 bridgehead atoms. The highest BCUT2D eigenvalue weighted by Gasteiger charge is 2.11. The lowest BCUT2D eigenvalue weighted by atomic mass is 10.1. The van der Waals surface area contributed by atoms with Gasteiger partial charge < -0.3 is 5.32 Å². The van der Waals surface area contributed by atoms with Crippen LogP contribution in [0.25, 0.3) is 0 Å². The number of amides is 1. The first-order valence-electron chi connectivity index (χ1n) is 4.94. The summed E-state index contributed by atoms with van der Waals surface area (Å²) >= 11 is 0. The molecule has 0 saturated heterocycles. The number of para-hydroxylation sites is 1. The van der Waals surface area contributed by atoms with Crippen LogP contribution in [0, 0.1) is 0 Å². The van der Waals surface area contributed by atoms with E-state index in [9.17, 15) is 4.79 Å². The second-order valence-electron chi connectivity index (χ2n) is 3.20. The fourth-order valence-electron chi connectivity index (χ4n) is 1.39. The Bertz CT molecular complexity index is 480. The SMILES string of the molecule is CCc1ccccc1NC(=O)c1nn[nH]n1. The molecular formula is C10H11N5O. The Morgan fingerprint density at radius 1 is 1.44 bits per heavy atom. The zero-order valence-corrected chi connectivity index (χ0v) is 8.77. The maximum absolute atomic E-state index is 11.6. The summed E-state index contributed by atoms with van der Waals surface area (Å²) in [5, 5.41) is 15.5. The Hall–Kier alpha value is -2.24. The number of aryl methyl sites for hydroxylation is 1. The van der Waals surface area contributed by atoms with E-state index in [0.717, 1.165) is 17.7 Å². The quantitative estimate of drug-likeness (QED) is 0.803. The molecule has 2 aromatic rings. The van der Waals surface area contributed by atoms with Crippen molar-refractivity contribution in [2.75, 3.05) is 5.32 Å². The smallest absolute Gasteiger partial charge is 0.297 e. The number of anilines is 1. The van der Waals surface area contributed by atoms with Crippen LogP contribution in [0.5, 0.6) is 0 Å². The Balaban J connectivity index is 2.18. The zero-order valence-electron chi connectivity index (χ0n) is 8.77. The minimum Gasteiger partial charge on any atom is -0.319 e. The molecule has 6 heteroatoms. The van der Waals surface area contributed by atoms with E-state index in [1.807, 2.05) is 31.2 Å². The fraction of sp³-hybridized carbons (Fsp3) is 0.200. The molecule has 82 valence electrons. The Morgan fingerprint density at radius 3 is 2.94 bits per heavy atom. The molecule has 0 spiro atoms. The van der Waals surface area contributed by atoms with Crippen molar-refractivity contribution in [2.45, 2.75) is 13.3 Å². The van der Waals surface area contributed by atoms with Crippen LogP contribution in [0.3, 0.4) is 0 Å². The summed E-state index contributed by atoms with van der Waals surface area (Å²) in [4.78, 5) is 11.6. The van der Waals surface area contributed by atoms with Crippen molar-refractivity contribution in [1.82, 2.24) is 20.6 Å². The second-order valence-corrected chi connectivity index (χ2v) is 3.20. The van der Waals surface area contributed by atoms with Crippen molar-refractivity contribution in [1.29, 1.82) is 0 Å². The monoisotopic (exact) mass is 217 g/mol. The molecule has 0 aliphatic heterocycles. The third-order valence-electron chi connectivity index (χ3n) is 2.19. The normalized spacial score (nSPS) is 10.1. The van der Waals surface area contributed by atoms with Gasteiger partial charge in [-0.25, -0.2) is 0 Å². The highest BCUT2D eigenvalue weighted by atomic mass is 16.2. The number of hydrogen-bond donors (Lipinski definition) is 2. The van der Waals surface area contributed by atoms with E-state index < -0.39 is 0 Å². The maximum Gasteiger partial charge on any atom is 0.297 e. The van der Waals surface area contributed by atoms with Crippen LogP contribution in [0.2, 0.25) is 0 Å². The third kappa shape index (κ3) is 2.05. The van der Waals surface area contributed by atoms with Gasteiger partial charge in [0.25, 0.3) is 11.7 Å². The predicted molar refractivity (Wildman–Crippen MR) is 58.0 cm³/mol. The van der Waals surface area contributed by atoms with E-state index in [1.54, 1.807) is 0 Å². The second kappa shape index (κ2) is 4.52. The van der Waals surface area contributed by atoms with Gasteiger partial charge >= 0.3 is 0 Å². The Kier molecular flexibility index (Phi) is 2.90. The minimum absolute atomic E-state index is 0.0332. The number of benzene rings is 1. The van der Waals surface area contributed by atoms with Crippen molar-refractivity contribution in [3.8, 4) is 0 Å². The van der Waals surface area contributed by atoms with Gasteiger partial charge in [0, 0.05) is 5.69 Å². The molecule has 0 radical (unpaired) electrons. The summed E-state index contributed by atoms with van der Waals surface area (Å²) in [6.45, 7) is 2.03. The average Bonchev–Trinajstić information content (AvgIpc) is 2.83. The van der Waals surface area contributed by atoms with Crippen LogP contribution in [-0.4, -0.2) is 26.5 Å². The minimum atomic E-state index is -0.366. The number of aromatic amines is 1. The molecule has 16 heavy (non-hydrogen) atoms. The Labute approximate surface area is 92.1 Å². The van der Waals surface area contributed by atoms with Crippen LogP contribution in [0.4, 0.5) is 5.69 Å². The highest BCUT2D eigenvalue weighted by molar-refractivity contribution is 6.01. The van der Waals surface area contributed by atoms with Gasteiger partial charge in [-0.15, -0.1) is 10.2 Å². The number of hydrogen-bond acceptors (Lipinski definition) is 4. The van der Waals surface area contributed by atoms with Gasteiger partial charge in [0.05, 0.1) is 0 Å². The number of aromatic nitrogens is 4. The number of carbonyl (C=O) groups is 1. The van der Waals surface area contributed by atoms with Crippen LogP contribution in [0.15, 0.2) is 24.3 Å². The third-order valence-corrected chi connectivity index (χ3v) is 2.19. The van der Waals surface area contributed by atoms with Crippen LogP contribution in [0.1, 0.15) is 23.1 Å². The molecule has 0 atom stereocenters. The molecule has 0 saturated carbocycles. The predicted octanol–water partition coefficient (Wildman–Crippen LogP) is 1.01. The number of nitrogens with one attached hydrogen (secondary N) is 2. The zero-order chi connectivity index (χ0) is 11.4. The number of tetrazole rings is 1. The summed E-state index contributed by atoms with van der Waals surface area (Å²) in [5.74, 6) is -0.333. The molecule has 0 fully saturated rings. The van der Waals surface area contributed by atoms with Gasteiger partial charge in [0.2, 0.25) is 0 Å². The number of nitrogens with zero attached hydrogens (tertiary/aromatic N) is 3. The van der Waals surface area contributed by atoms with Crippen molar-refractivity contribution < 1.29 is 4.79 Å². The van der Waals surface area contributed by atoms with E-state index in [1.165, 1.54) is 0 Å². The lowest BCUT2D eigenvalue weighted by Gasteiger charge is -2.07. The van der Waals surface area contributed by atoms with Crippen molar-refractivity contribution in [3.05, 3.63) is 35.7 Å². The first-order chi connectivity index (χ1) is 7.81. The van der Waals surface area contributed by atoms with Gasteiger partial charge in [-0.2, -0.15) is 5.21 Å². The van der Waals surface area contributed by atoms with Crippen LogP contribution < -0.4 is 5.32 Å². The van der Waals surface area contributed by atoms with E-state index in [-0.39, 0.29) is 11.7 Å². The molecule has 2 rings (SSSR count). The van der Waals surface area contributed by atoms with Gasteiger partial charge in [-0.05, 0) is 23.3 Å². The first-order valence-corrected chi connectivity index (χ1v) is 4.94. The van der Waals surface area contributed by atoms with Gasteiger partial charge in [0.15, 0.2) is 0 Å². The molecule has 1 heterocycles. The molecule has 1 aromatic heterocycles. The van der Waals surface area contributed by atoms with Gasteiger partial charge in [0.1, 0.15) is 0 Å². The molecule has 0 aliphatic rings. The van der Waals surface area contributed by atoms with E-state index >= 15 is 0 Å². The van der Waals surface area contributed by atoms with Crippen molar-refractivity contribution >= 4 is 11.6 Å². The van der Waals surface area contributed by atoms with Crippen LogP contribution >= 0.6 is 0 Å². The molecular weight excluding hydrogens is 206 g/mol. The maximum atomic E-state index is 11.6. The van der Waals surface area contributed by atoms with Gasteiger partial charge in [-0.3, -0.25) is 4.79 Å². The summed E-state index contributed by atoms with van der Waals surface area (Å²) in [7, 11) is 0. The molecule has 0 unspecified atom stereocenters. The summed E-state index contributed by atoms with van der Waals surface area (Å²) in [5.41, 5.74) is 1.85. The summed E-state index contributed by atoms with van der Waals surface area (Å²) in [6, 6.07) is 7.61. The van der Waals surface area contributed by atoms with Crippen molar-refractivity contribution in [3.63, 3.8) is 0 Å². The summed E-state index contributed by atoms with van der Waals surface area (Å²) in [6.07, 6.45) is 0.850. The lowest BCUT2D eigenvalue weighted by Crippen LogP contribution is -2.14. The molecule has 1 aromatic carbocycles. The molecule has 6 nitrogen and oxygen atoms in total. The highest BCUT2D eigenvalue weighted by Crippen LogP contribution is 2.15. The lowest BCUT2D eigenvalue weighted by molar-refractivity contribution is 0.101.